The Morgan fingerprint density at radius 1 is 0.822 bits per heavy atom. The Morgan fingerprint density at radius 2 is 1.33 bits per heavy atom. The van der Waals surface area contributed by atoms with Gasteiger partial charge in [0.1, 0.15) is 28.1 Å². The van der Waals surface area contributed by atoms with Gasteiger partial charge in [-0.05, 0) is 12.1 Å². The van der Waals surface area contributed by atoms with Crippen molar-refractivity contribution in [3.63, 3.8) is 0 Å². The molecule has 3 N–H and O–H groups in total. The van der Waals surface area contributed by atoms with E-state index >= 15 is 0 Å². The molecule has 0 saturated carbocycles. The molecule has 4 aromatic heterocycles. The Balaban J connectivity index is 0.000000649. The first-order valence-electron chi connectivity index (χ1n) is 11.4. The molecule has 0 radical (unpaired) electrons. The summed E-state index contributed by atoms with van der Waals surface area (Å²) in [6, 6.07) is 17.1. The first-order valence-corrected chi connectivity index (χ1v) is 12.5. The predicted molar refractivity (Wildman–Crippen MR) is 152 cm³/mol. The van der Waals surface area contributed by atoms with Gasteiger partial charge >= 0.3 is 150 Å². The van der Waals surface area contributed by atoms with Gasteiger partial charge in [0, 0.05) is 22.9 Å². The van der Waals surface area contributed by atoms with E-state index < -0.39 is 11.9 Å². The number of nitrogens with one attached hydrogen (secondary N) is 1. The molecule has 6 rings (SSSR count). The number of nitrogens with zero attached hydrogens (tertiary/aromatic N) is 7. The number of aromatic amines is 1. The van der Waals surface area contributed by atoms with E-state index in [1.54, 1.807) is 42.5 Å². The molecule has 0 atom stereocenters. The van der Waals surface area contributed by atoms with Crippen molar-refractivity contribution in [1.29, 1.82) is 0 Å². The SMILES string of the molecule is Clc1cc(Cl)ncn1.O=C(O)c1n[nH]c2ccccc12.O=C(O)c1nn(-c2cc(Cl)ncn2)c2ccccc12.O=CO[O-].[Cs+].[Cs+].[H-]. The number of carboxylic acid groups (broad SMARTS) is 2. The van der Waals surface area contributed by atoms with Crippen molar-refractivity contribution in [3.8, 4) is 5.82 Å². The van der Waals surface area contributed by atoms with Crippen LogP contribution in [0.4, 0.5) is 0 Å². The minimum Gasteiger partial charge on any atom is -1.00 e. The summed E-state index contributed by atoms with van der Waals surface area (Å²) >= 11 is 16.6. The topological polar surface area (TPSA) is 222 Å². The van der Waals surface area contributed by atoms with Crippen LogP contribution in [-0.2, 0) is 9.68 Å². The van der Waals surface area contributed by atoms with Crippen molar-refractivity contribution >= 4 is 75.0 Å². The molecule has 0 bridgehead atoms. The Morgan fingerprint density at radius 3 is 1.84 bits per heavy atom. The maximum atomic E-state index is 11.2. The van der Waals surface area contributed by atoms with Crippen molar-refractivity contribution in [3.05, 3.63) is 100 Å². The number of hydrogen-bond acceptors (Lipinski definition) is 11. The summed E-state index contributed by atoms with van der Waals surface area (Å²) in [5.74, 6) is -1.67. The molecule has 2 aromatic carbocycles. The van der Waals surface area contributed by atoms with Crippen LogP contribution < -0.4 is 143 Å². The fraction of sp³-hybridized carbons (Fsp3) is 0. The molecular weight excluding hydrogens is 896 g/mol. The van der Waals surface area contributed by atoms with Crippen LogP contribution in [0.3, 0.4) is 0 Å². The van der Waals surface area contributed by atoms with E-state index in [4.69, 9.17) is 55.1 Å². The minimum atomic E-state index is -1.09. The normalized spacial score (nSPS) is 9.42. The van der Waals surface area contributed by atoms with Crippen molar-refractivity contribution < 1.29 is 174 Å². The number of carboxylic acids is 2. The van der Waals surface area contributed by atoms with Gasteiger partial charge in [-0.1, -0.05) is 71.2 Å². The second-order valence-electron chi connectivity index (χ2n) is 7.56. The van der Waals surface area contributed by atoms with Gasteiger partial charge in [0.25, 0.3) is 6.47 Å². The van der Waals surface area contributed by atoms with Gasteiger partial charge in [-0.15, -0.1) is 0 Å². The molecule has 0 saturated heterocycles. The Kier molecular flexibility index (Phi) is 20.2. The standard InChI is InChI=1S/C12H7ClN4O2.C8H6N2O2.C4H2Cl2N2.CH2O3.2Cs.H/c13-9-5-10(15-6-14-9)17-8-4-2-1-3-7(8)11(16-17)12(18)19;11-8(12)7-5-3-1-2-4-6(5)9-10-7;5-3-1-4(6)8-2-7-3;2-1-4-3;;;/h1-6H,(H,18,19);1-4H,(H,9,10)(H,11,12);1-2H;1,3H;;;/q;;;;2*+1;-1/p-1. The number of aromatic nitrogens is 8. The van der Waals surface area contributed by atoms with Crippen LogP contribution in [0, 0.1) is 0 Å². The average molecular weight is 914 g/mol. The zero-order valence-electron chi connectivity index (χ0n) is 24.2. The van der Waals surface area contributed by atoms with Gasteiger partial charge in [0.15, 0.2) is 17.2 Å². The van der Waals surface area contributed by atoms with Crippen molar-refractivity contribution in [1.82, 2.24) is 39.9 Å². The molecule has 45 heavy (non-hydrogen) atoms. The molecule has 0 aliphatic heterocycles. The average Bonchev–Trinajstić information content (AvgIpc) is 3.61. The Hall–Kier alpha value is -1.12. The summed E-state index contributed by atoms with van der Waals surface area (Å²) in [5.41, 5.74) is 1.44. The van der Waals surface area contributed by atoms with Crippen LogP contribution >= 0.6 is 34.8 Å². The third-order valence-electron chi connectivity index (χ3n) is 4.94. The first-order chi connectivity index (χ1) is 20.7. The maximum Gasteiger partial charge on any atom is 1.00 e. The quantitative estimate of drug-likeness (QED) is 0.0739. The molecular formula is C25H17Cl3Cs2N8O7. The van der Waals surface area contributed by atoms with E-state index in [-0.39, 0.29) is 162 Å². The van der Waals surface area contributed by atoms with Crippen LogP contribution in [-0.4, -0.2) is 68.5 Å². The van der Waals surface area contributed by atoms with Gasteiger partial charge in [0.2, 0.25) is 0 Å². The van der Waals surface area contributed by atoms with E-state index in [9.17, 15) is 9.59 Å². The van der Waals surface area contributed by atoms with Crippen LogP contribution in [0.25, 0.3) is 27.6 Å². The summed E-state index contributed by atoms with van der Waals surface area (Å²) in [6.07, 6.45) is 2.61. The third-order valence-corrected chi connectivity index (χ3v) is 5.56. The molecule has 0 unspecified atom stereocenters. The number of rotatable bonds is 4. The molecule has 20 heteroatoms. The zero-order valence-corrected chi connectivity index (χ0v) is 38.0. The van der Waals surface area contributed by atoms with Crippen molar-refractivity contribution in [2.24, 2.45) is 0 Å². The maximum absolute atomic E-state index is 11.2. The molecule has 0 aliphatic carbocycles. The van der Waals surface area contributed by atoms with E-state index in [1.165, 1.54) is 29.5 Å². The number of carbonyl (C=O) groups excluding carboxylic acids is 1. The summed E-state index contributed by atoms with van der Waals surface area (Å²) in [6.45, 7) is -0.181. The zero-order chi connectivity index (χ0) is 31.4. The monoisotopic (exact) mass is 912 g/mol. The first kappa shape index (κ1) is 41.9. The molecule has 4 heterocycles. The number of H-pyrrole nitrogens is 1. The second-order valence-corrected chi connectivity index (χ2v) is 8.72. The van der Waals surface area contributed by atoms with E-state index in [0.717, 1.165) is 5.52 Å². The summed E-state index contributed by atoms with van der Waals surface area (Å²) in [7, 11) is 0. The van der Waals surface area contributed by atoms with E-state index in [1.807, 2.05) is 6.07 Å². The number of fused-ring (bicyclic) bond motifs is 2. The van der Waals surface area contributed by atoms with Gasteiger partial charge in [-0.25, -0.2) is 34.2 Å². The fourth-order valence-electron chi connectivity index (χ4n) is 3.28. The third kappa shape index (κ3) is 12.8. The van der Waals surface area contributed by atoms with Gasteiger partial charge in [0.05, 0.1) is 11.0 Å². The van der Waals surface area contributed by atoms with E-state index in [0.29, 0.717) is 32.4 Å². The number of halogens is 3. The van der Waals surface area contributed by atoms with Gasteiger partial charge in [-0.3, -0.25) is 9.89 Å². The predicted octanol–water partition coefficient (Wildman–Crippen LogP) is -2.23. The number of carbonyl (C=O) groups is 3. The van der Waals surface area contributed by atoms with Gasteiger partial charge < -0.3 is 21.8 Å². The summed E-state index contributed by atoms with van der Waals surface area (Å²) < 4.78 is 1.44. The van der Waals surface area contributed by atoms with Crippen LogP contribution in [0.2, 0.25) is 15.5 Å². The smallest absolute Gasteiger partial charge is 1.00 e. The molecule has 0 spiro atoms. The van der Waals surface area contributed by atoms with E-state index in [2.05, 4.69) is 40.1 Å². The number of benzene rings is 2. The fourth-order valence-corrected chi connectivity index (χ4v) is 3.77. The van der Waals surface area contributed by atoms with Crippen LogP contribution in [0.1, 0.15) is 22.4 Å². The molecule has 0 aliphatic rings. The molecule has 222 valence electrons. The minimum absolute atomic E-state index is 0. The summed E-state index contributed by atoms with van der Waals surface area (Å²) in [5, 5.41) is 38.8. The van der Waals surface area contributed by atoms with Crippen LogP contribution in [0.15, 0.2) is 73.3 Å². The summed E-state index contributed by atoms with van der Waals surface area (Å²) in [4.78, 5) is 48.1. The Bertz CT molecular complexity index is 1870. The van der Waals surface area contributed by atoms with Crippen LogP contribution in [0.5, 0.6) is 0 Å². The number of hydrogen-bond donors (Lipinski definition) is 3. The molecule has 6 aromatic rings. The largest absolute Gasteiger partial charge is 1.00 e. The number of aromatic carboxylic acids is 2. The Labute approximate surface area is 387 Å². The van der Waals surface area contributed by atoms with Crippen molar-refractivity contribution in [2.45, 2.75) is 0 Å². The molecule has 0 amide bonds. The molecule has 0 fully saturated rings. The van der Waals surface area contributed by atoms with Crippen molar-refractivity contribution in [2.75, 3.05) is 0 Å². The van der Waals surface area contributed by atoms with Gasteiger partial charge in [-0.2, -0.15) is 10.2 Å². The molecule has 15 nitrogen and oxygen atoms in total. The second kappa shape index (κ2) is 21.7. The number of para-hydroxylation sites is 2.